The summed E-state index contributed by atoms with van der Waals surface area (Å²) in [6.45, 7) is 2.42. The minimum absolute atomic E-state index is 0.308. The van der Waals surface area contributed by atoms with Gasteiger partial charge in [0.15, 0.2) is 0 Å². The average molecular weight is 260 g/mol. The van der Waals surface area contributed by atoms with E-state index < -0.39 is 0 Å². The van der Waals surface area contributed by atoms with Crippen molar-refractivity contribution in [2.75, 3.05) is 13.1 Å². The molecule has 19 heavy (non-hydrogen) atoms. The van der Waals surface area contributed by atoms with Crippen molar-refractivity contribution < 1.29 is 4.79 Å². The first-order valence-corrected chi connectivity index (χ1v) is 7.36. The zero-order valence-corrected chi connectivity index (χ0v) is 11.6. The molecule has 0 atom stereocenters. The maximum absolute atomic E-state index is 12.1. The zero-order chi connectivity index (χ0) is 13.5. The first-order chi connectivity index (χ1) is 9.31. The number of carbonyl (C=O) groups excluding carboxylic acids is 1. The summed E-state index contributed by atoms with van der Waals surface area (Å²) in [5, 5.41) is 0. The normalized spacial score (nSPS) is 14.3. The Labute approximate surface area is 115 Å². The van der Waals surface area contributed by atoms with Crippen LogP contribution in [0, 0.1) is 0 Å². The van der Waals surface area contributed by atoms with Gasteiger partial charge in [-0.15, -0.1) is 0 Å². The van der Waals surface area contributed by atoms with E-state index in [9.17, 15) is 4.79 Å². The second kappa shape index (κ2) is 7.29. The summed E-state index contributed by atoms with van der Waals surface area (Å²) in [6, 6.07) is 8.44. The quantitative estimate of drug-likeness (QED) is 0.799. The Hall–Kier alpha value is -1.35. The van der Waals surface area contributed by atoms with Crippen LogP contribution in [0.1, 0.15) is 43.2 Å². The minimum atomic E-state index is 0.308. The van der Waals surface area contributed by atoms with Gasteiger partial charge in [-0.3, -0.25) is 4.79 Å². The smallest absolute Gasteiger partial charge is 0.222 e. The van der Waals surface area contributed by atoms with E-state index in [1.165, 1.54) is 11.1 Å². The first kappa shape index (κ1) is 14.1. The summed E-state index contributed by atoms with van der Waals surface area (Å²) in [5.41, 5.74) is 8.17. The van der Waals surface area contributed by atoms with Crippen LogP contribution in [0.4, 0.5) is 0 Å². The van der Waals surface area contributed by atoms with E-state index in [0.717, 1.165) is 51.7 Å². The van der Waals surface area contributed by atoms with Crippen molar-refractivity contribution in [3.05, 3.63) is 35.4 Å². The summed E-state index contributed by atoms with van der Waals surface area (Å²) in [7, 11) is 0. The van der Waals surface area contributed by atoms with Crippen molar-refractivity contribution in [3.8, 4) is 0 Å². The predicted octanol–water partition coefficient (Wildman–Crippen LogP) is 2.48. The molecular weight excluding hydrogens is 236 g/mol. The molecule has 0 aromatic heterocycles. The van der Waals surface area contributed by atoms with Crippen LogP contribution >= 0.6 is 0 Å². The predicted molar refractivity (Wildman–Crippen MR) is 77.7 cm³/mol. The van der Waals surface area contributed by atoms with E-state index in [0.29, 0.717) is 12.3 Å². The van der Waals surface area contributed by atoms with Gasteiger partial charge in [-0.2, -0.15) is 0 Å². The number of benzene rings is 1. The van der Waals surface area contributed by atoms with Crippen LogP contribution in [0.5, 0.6) is 0 Å². The Bertz CT molecular complexity index is 417. The van der Waals surface area contributed by atoms with Gasteiger partial charge in [0, 0.05) is 19.5 Å². The second-order valence-electron chi connectivity index (χ2n) is 5.29. The van der Waals surface area contributed by atoms with Gasteiger partial charge in [0.05, 0.1) is 0 Å². The molecule has 2 rings (SSSR count). The molecule has 1 aliphatic heterocycles. The number of hydrogen-bond donors (Lipinski definition) is 1. The van der Waals surface area contributed by atoms with Crippen LogP contribution in [0.15, 0.2) is 24.3 Å². The van der Waals surface area contributed by atoms with Gasteiger partial charge in [0.1, 0.15) is 0 Å². The third-order valence-electron chi connectivity index (χ3n) is 3.83. The maximum atomic E-state index is 12.1. The molecule has 0 spiro atoms. The van der Waals surface area contributed by atoms with Crippen molar-refractivity contribution >= 4 is 5.91 Å². The van der Waals surface area contributed by atoms with Gasteiger partial charge in [-0.1, -0.05) is 37.1 Å². The van der Waals surface area contributed by atoms with Crippen LogP contribution in [-0.2, 0) is 17.8 Å². The van der Waals surface area contributed by atoms with Crippen LogP contribution in [0.25, 0.3) is 0 Å². The second-order valence-corrected chi connectivity index (χ2v) is 5.29. The largest absolute Gasteiger partial charge is 0.338 e. The topological polar surface area (TPSA) is 46.3 Å². The number of nitrogens with zero attached hydrogens (tertiary/aromatic N) is 1. The summed E-state index contributed by atoms with van der Waals surface area (Å²) < 4.78 is 0. The van der Waals surface area contributed by atoms with Gasteiger partial charge in [-0.05, 0) is 36.9 Å². The molecule has 0 unspecified atom stereocenters. The Morgan fingerprint density at radius 1 is 1.11 bits per heavy atom. The van der Waals surface area contributed by atoms with Gasteiger partial charge in [0.2, 0.25) is 5.91 Å². The third kappa shape index (κ3) is 4.06. The lowest BCUT2D eigenvalue weighted by Gasteiger charge is -2.29. The van der Waals surface area contributed by atoms with Crippen molar-refractivity contribution in [2.24, 2.45) is 5.73 Å². The van der Waals surface area contributed by atoms with Crippen LogP contribution < -0.4 is 5.73 Å². The van der Waals surface area contributed by atoms with Gasteiger partial charge in [-0.25, -0.2) is 0 Å². The molecule has 0 aliphatic carbocycles. The fourth-order valence-corrected chi connectivity index (χ4v) is 2.64. The first-order valence-electron chi connectivity index (χ1n) is 7.36. The Balaban J connectivity index is 1.76. The van der Waals surface area contributed by atoms with Gasteiger partial charge >= 0.3 is 0 Å². The van der Waals surface area contributed by atoms with Crippen molar-refractivity contribution in [2.45, 2.75) is 45.1 Å². The highest BCUT2D eigenvalue weighted by molar-refractivity contribution is 5.76. The number of nitrogens with two attached hydrogens (primary N) is 1. The van der Waals surface area contributed by atoms with Crippen molar-refractivity contribution in [3.63, 3.8) is 0 Å². The molecule has 0 fully saturated rings. The lowest BCUT2D eigenvalue weighted by molar-refractivity contribution is -0.132. The van der Waals surface area contributed by atoms with E-state index in [1.54, 1.807) is 0 Å². The molecule has 1 aromatic carbocycles. The molecule has 1 amide bonds. The molecule has 0 saturated heterocycles. The molecule has 0 radical (unpaired) electrons. The molecule has 1 heterocycles. The Morgan fingerprint density at radius 3 is 2.63 bits per heavy atom. The zero-order valence-electron chi connectivity index (χ0n) is 11.6. The van der Waals surface area contributed by atoms with E-state index in [4.69, 9.17) is 5.73 Å². The fourth-order valence-electron chi connectivity index (χ4n) is 2.64. The maximum Gasteiger partial charge on any atom is 0.222 e. The lowest BCUT2D eigenvalue weighted by atomic mass is 9.99. The minimum Gasteiger partial charge on any atom is -0.338 e. The van der Waals surface area contributed by atoms with E-state index in [2.05, 4.69) is 24.3 Å². The van der Waals surface area contributed by atoms with Crippen molar-refractivity contribution in [1.82, 2.24) is 4.90 Å². The third-order valence-corrected chi connectivity index (χ3v) is 3.83. The van der Waals surface area contributed by atoms with Crippen molar-refractivity contribution in [1.29, 1.82) is 0 Å². The summed E-state index contributed by atoms with van der Waals surface area (Å²) in [4.78, 5) is 14.1. The number of hydrogen-bond acceptors (Lipinski definition) is 2. The summed E-state index contributed by atoms with van der Waals surface area (Å²) in [6.07, 6.45) is 6.02. The Kier molecular flexibility index (Phi) is 5.40. The summed E-state index contributed by atoms with van der Waals surface area (Å²) >= 11 is 0. The number of unbranched alkanes of at least 4 members (excludes halogenated alkanes) is 3. The van der Waals surface area contributed by atoms with Gasteiger partial charge in [0.25, 0.3) is 0 Å². The Morgan fingerprint density at radius 2 is 1.84 bits per heavy atom. The molecule has 104 valence electrons. The molecule has 1 aliphatic rings. The number of amides is 1. The molecule has 3 heteroatoms. The summed E-state index contributed by atoms with van der Waals surface area (Å²) in [5.74, 6) is 0.308. The van der Waals surface area contributed by atoms with E-state index in [1.807, 2.05) is 4.90 Å². The molecule has 0 saturated carbocycles. The monoisotopic (exact) mass is 260 g/mol. The number of rotatable bonds is 6. The molecular formula is C16H24N2O. The number of carbonyl (C=O) groups is 1. The SMILES string of the molecule is NCCCCCCC(=O)N1CCc2ccccc2C1. The van der Waals surface area contributed by atoms with Crippen LogP contribution in [0.3, 0.4) is 0 Å². The molecule has 2 N–H and O–H groups in total. The fraction of sp³-hybridized carbons (Fsp3) is 0.562. The van der Waals surface area contributed by atoms with E-state index >= 15 is 0 Å². The van der Waals surface area contributed by atoms with Crippen LogP contribution in [-0.4, -0.2) is 23.9 Å². The number of fused-ring (bicyclic) bond motifs is 1. The van der Waals surface area contributed by atoms with Gasteiger partial charge < -0.3 is 10.6 Å². The molecule has 3 nitrogen and oxygen atoms in total. The van der Waals surface area contributed by atoms with E-state index in [-0.39, 0.29) is 0 Å². The highest BCUT2D eigenvalue weighted by Crippen LogP contribution is 2.19. The van der Waals surface area contributed by atoms with Crippen LogP contribution in [0.2, 0.25) is 0 Å². The average Bonchev–Trinajstić information content (AvgIpc) is 2.46. The molecule has 0 bridgehead atoms. The highest BCUT2D eigenvalue weighted by atomic mass is 16.2. The molecule has 1 aromatic rings. The lowest BCUT2D eigenvalue weighted by Crippen LogP contribution is -2.35. The standard InChI is InChI=1S/C16H24N2O/c17-11-6-2-1-3-9-16(19)18-12-10-14-7-4-5-8-15(14)13-18/h4-5,7-8H,1-3,6,9-13,17H2. The highest BCUT2D eigenvalue weighted by Gasteiger charge is 2.19.